The third-order valence-electron chi connectivity index (χ3n) is 2.64. The minimum absolute atomic E-state index is 0.0150. The molecule has 0 fully saturated rings. The number of carbonyl (C=O) groups excluding carboxylic acids is 1. The van der Waals surface area contributed by atoms with Crippen LogP contribution in [0.3, 0.4) is 0 Å². The molecule has 0 unspecified atom stereocenters. The molecule has 19 heavy (non-hydrogen) atoms. The van der Waals surface area contributed by atoms with Gasteiger partial charge in [0, 0.05) is 0 Å². The Bertz CT molecular complexity index is 341. The van der Waals surface area contributed by atoms with Crippen LogP contribution in [0.25, 0.3) is 0 Å². The van der Waals surface area contributed by atoms with Gasteiger partial charge in [-0.15, -0.1) is 0 Å². The van der Waals surface area contributed by atoms with Crippen LogP contribution < -0.4 is 4.74 Å². The lowest BCUT2D eigenvalue weighted by atomic mass is 10.2. The highest BCUT2D eigenvalue weighted by atomic mass is 127. The molecular formula is C15H21IO3. The van der Waals surface area contributed by atoms with E-state index in [9.17, 15) is 4.79 Å². The predicted molar refractivity (Wildman–Crippen MR) is 84.9 cm³/mol. The second-order valence-electron chi connectivity index (χ2n) is 4.28. The number of alkyl halides is 1. The average molecular weight is 376 g/mol. The van der Waals surface area contributed by atoms with Crippen molar-refractivity contribution in [2.45, 2.75) is 32.1 Å². The molecule has 0 saturated carbocycles. The van der Waals surface area contributed by atoms with Gasteiger partial charge in [-0.3, -0.25) is 0 Å². The van der Waals surface area contributed by atoms with E-state index in [4.69, 9.17) is 9.47 Å². The lowest BCUT2D eigenvalue weighted by Crippen LogP contribution is -2.15. The molecule has 0 bridgehead atoms. The molecule has 0 N–H and O–H groups in total. The van der Waals surface area contributed by atoms with Crippen molar-refractivity contribution in [3.05, 3.63) is 30.3 Å². The van der Waals surface area contributed by atoms with E-state index in [0.717, 1.165) is 12.8 Å². The molecule has 1 rings (SSSR count). The zero-order chi connectivity index (χ0) is 13.8. The number of hydrogen-bond acceptors (Lipinski definition) is 3. The molecule has 1 aromatic rings. The molecule has 3 nitrogen and oxygen atoms in total. The number of esters is 1. The fourth-order valence-electron chi connectivity index (χ4n) is 1.61. The number of benzene rings is 1. The summed E-state index contributed by atoms with van der Waals surface area (Å²) in [5, 5.41) is 0. The van der Waals surface area contributed by atoms with Gasteiger partial charge in [0.15, 0.2) is 6.61 Å². The van der Waals surface area contributed by atoms with E-state index in [-0.39, 0.29) is 12.6 Å². The Morgan fingerprint density at radius 2 is 1.68 bits per heavy atom. The van der Waals surface area contributed by atoms with E-state index >= 15 is 0 Å². The maximum atomic E-state index is 11.4. The summed E-state index contributed by atoms with van der Waals surface area (Å²) in [4.78, 5) is 11.4. The number of rotatable bonds is 10. The number of para-hydroxylation sites is 1. The normalized spacial score (nSPS) is 10.2. The van der Waals surface area contributed by atoms with Crippen LogP contribution in [0.2, 0.25) is 0 Å². The molecule has 0 aliphatic carbocycles. The minimum Gasteiger partial charge on any atom is -0.482 e. The highest BCUT2D eigenvalue weighted by Crippen LogP contribution is 2.08. The first-order valence-corrected chi connectivity index (χ1v) is 8.25. The SMILES string of the molecule is O=C(COc1ccccc1)OCCCCCCCI. The molecule has 0 spiro atoms. The van der Waals surface area contributed by atoms with Crippen LogP contribution in [0.1, 0.15) is 32.1 Å². The molecule has 0 amide bonds. The molecule has 4 heteroatoms. The standard InChI is InChI=1S/C15H21IO3/c16-11-7-2-1-3-8-12-18-15(17)13-19-14-9-5-4-6-10-14/h4-6,9-10H,1-3,7-8,11-13H2. The van der Waals surface area contributed by atoms with Gasteiger partial charge in [0.2, 0.25) is 0 Å². The van der Waals surface area contributed by atoms with Crippen LogP contribution in [-0.2, 0) is 9.53 Å². The van der Waals surface area contributed by atoms with Gasteiger partial charge in [-0.25, -0.2) is 4.79 Å². The zero-order valence-electron chi connectivity index (χ0n) is 11.1. The molecule has 0 atom stereocenters. The second kappa shape index (κ2) is 11.1. The smallest absolute Gasteiger partial charge is 0.344 e. The Morgan fingerprint density at radius 1 is 1.00 bits per heavy atom. The second-order valence-corrected chi connectivity index (χ2v) is 5.36. The van der Waals surface area contributed by atoms with Crippen molar-refractivity contribution in [1.29, 1.82) is 0 Å². The van der Waals surface area contributed by atoms with Crippen LogP contribution in [0.5, 0.6) is 5.75 Å². The fourth-order valence-corrected chi connectivity index (χ4v) is 2.15. The summed E-state index contributed by atoms with van der Waals surface area (Å²) in [6.07, 6.45) is 5.85. The summed E-state index contributed by atoms with van der Waals surface area (Å²) in [5.41, 5.74) is 0. The largest absolute Gasteiger partial charge is 0.482 e. The number of carbonyl (C=O) groups is 1. The van der Waals surface area contributed by atoms with E-state index in [2.05, 4.69) is 22.6 Å². The van der Waals surface area contributed by atoms with Crippen molar-refractivity contribution in [3.63, 3.8) is 0 Å². The molecule has 106 valence electrons. The van der Waals surface area contributed by atoms with Crippen molar-refractivity contribution in [2.24, 2.45) is 0 Å². The summed E-state index contributed by atoms with van der Waals surface area (Å²) in [7, 11) is 0. The number of unbranched alkanes of at least 4 members (excludes halogenated alkanes) is 4. The first-order chi connectivity index (χ1) is 9.33. The molecule has 1 aromatic carbocycles. The highest BCUT2D eigenvalue weighted by molar-refractivity contribution is 14.1. The Balaban J connectivity index is 1.96. The van der Waals surface area contributed by atoms with E-state index < -0.39 is 0 Å². The first kappa shape index (κ1) is 16.3. The van der Waals surface area contributed by atoms with E-state index in [0.29, 0.717) is 12.4 Å². The summed E-state index contributed by atoms with van der Waals surface area (Å²) in [6, 6.07) is 9.29. The van der Waals surface area contributed by atoms with Crippen LogP contribution in [0, 0.1) is 0 Å². The lowest BCUT2D eigenvalue weighted by Gasteiger charge is -2.06. The van der Waals surface area contributed by atoms with Crippen LogP contribution in [-0.4, -0.2) is 23.6 Å². The molecule has 0 aliphatic rings. The number of halogens is 1. The first-order valence-electron chi connectivity index (χ1n) is 6.72. The van der Waals surface area contributed by atoms with Gasteiger partial charge in [0.25, 0.3) is 0 Å². The fraction of sp³-hybridized carbons (Fsp3) is 0.533. The van der Waals surface area contributed by atoms with Gasteiger partial charge in [-0.2, -0.15) is 0 Å². The Kier molecular flexibility index (Phi) is 9.49. The molecule has 0 saturated heterocycles. The Morgan fingerprint density at radius 3 is 2.42 bits per heavy atom. The summed E-state index contributed by atoms with van der Waals surface area (Å²) in [5.74, 6) is 0.398. The third kappa shape index (κ3) is 8.86. The minimum atomic E-state index is -0.295. The Labute approximate surface area is 128 Å². The molecule has 0 aliphatic heterocycles. The Hall–Kier alpha value is -0.780. The van der Waals surface area contributed by atoms with E-state index in [1.54, 1.807) is 0 Å². The van der Waals surface area contributed by atoms with E-state index in [1.807, 2.05) is 30.3 Å². The summed E-state index contributed by atoms with van der Waals surface area (Å²) >= 11 is 2.40. The number of hydrogen-bond donors (Lipinski definition) is 0. The molecular weight excluding hydrogens is 355 g/mol. The van der Waals surface area contributed by atoms with Crippen molar-refractivity contribution in [3.8, 4) is 5.75 Å². The van der Waals surface area contributed by atoms with Gasteiger partial charge >= 0.3 is 5.97 Å². The van der Waals surface area contributed by atoms with Gasteiger partial charge in [-0.05, 0) is 29.4 Å². The monoisotopic (exact) mass is 376 g/mol. The predicted octanol–water partition coefficient (Wildman–Crippen LogP) is 3.99. The zero-order valence-corrected chi connectivity index (χ0v) is 13.3. The van der Waals surface area contributed by atoms with Gasteiger partial charge in [0.05, 0.1) is 6.61 Å². The maximum Gasteiger partial charge on any atom is 0.344 e. The average Bonchev–Trinajstić information content (AvgIpc) is 2.45. The van der Waals surface area contributed by atoms with Gasteiger partial charge in [-0.1, -0.05) is 60.1 Å². The molecule has 0 aromatic heterocycles. The summed E-state index contributed by atoms with van der Waals surface area (Å²) < 4.78 is 11.6. The van der Waals surface area contributed by atoms with Crippen molar-refractivity contribution < 1.29 is 14.3 Å². The van der Waals surface area contributed by atoms with Gasteiger partial charge < -0.3 is 9.47 Å². The lowest BCUT2D eigenvalue weighted by molar-refractivity contribution is -0.146. The van der Waals surface area contributed by atoms with Crippen LogP contribution in [0.4, 0.5) is 0 Å². The highest BCUT2D eigenvalue weighted by Gasteiger charge is 2.03. The van der Waals surface area contributed by atoms with Crippen molar-refractivity contribution >= 4 is 28.6 Å². The van der Waals surface area contributed by atoms with Gasteiger partial charge in [0.1, 0.15) is 5.75 Å². The summed E-state index contributed by atoms with van der Waals surface area (Å²) in [6.45, 7) is 0.486. The quantitative estimate of drug-likeness (QED) is 0.268. The van der Waals surface area contributed by atoms with E-state index in [1.165, 1.54) is 23.7 Å². The van der Waals surface area contributed by atoms with Crippen LogP contribution in [0.15, 0.2) is 30.3 Å². The molecule has 0 radical (unpaired) electrons. The third-order valence-corrected chi connectivity index (χ3v) is 3.40. The van der Waals surface area contributed by atoms with Crippen LogP contribution >= 0.6 is 22.6 Å². The number of ether oxygens (including phenoxy) is 2. The topological polar surface area (TPSA) is 35.5 Å². The maximum absolute atomic E-state index is 11.4. The van der Waals surface area contributed by atoms with Crippen molar-refractivity contribution in [2.75, 3.05) is 17.6 Å². The van der Waals surface area contributed by atoms with Crippen molar-refractivity contribution in [1.82, 2.24) is 0 Å². The molecule has 0 heterocycles.